The van der Waals surface area contributed by atoms with Crippen LogP contribution >= 0.6 is 11.8 Å². The molecule has 2 aromatic rings. The zero-order valence-corrected chi connectivity index (χ0v) is 8.44. The van der Waals surface area contributed by atoms with Gasteiger partial charge in [-0.1, -0.05) is 11.8 Å². The summed E-state index contributed by atoms with van der Waals surface area (Å²) in [5, 5.41) is 16.6. The number of hydrogen-bond donors (Lipinski definition) is 1. The van der Waals surface area contributed by atoms with Crippen LogP contribution in [0.3, 0.4) is 0 Å². The van der Waals surface area contributed by atoms with Crippen LogP contribution in [-0.4, -0.2) is 20.6 Å². The molecule has 0 aliphatic heterocycles. The number of nitriles is 1. The molecule has 15 heavy (non-hydrogen) atoms. The molecule has 6 nitrogen and oxygen atoms in total. The topological polar surface area (TPSA) is 93.7 Å². The molecule has 76 valence electrons. The van der Waals surface area contributed by atoms with E-state index in [9.17, 15) is 0 Å². The molecule has 0 saturated heterocycles. The maximum atomic E-state index is 8.42. The molecular weight excluding hydrogens is 214 g/mol. The van der Waals surface area contributed by atoms with E-state index in [2.05, 4.69) is 10.2 Å². The van der Waals surface area contributed by atoms with E-state index in [0.29, 0.717) is 16.7 Å². The lowest BCUT2D eigenvalue weighted by molar-refractivity contribution is 0.574. The molecule has 2 aromatic heterocycles. The van der Waals surface area contributed by atoms with E-state index in [1.807, 2.05) is 6.07 Å². The van der Waals surface area contributed by atoms with Gasteiger partial charge in [-0.05, 0) is 12.1 Å². The first-order chi connectivity index (χ1) is 7.33. The zero-order chi connectivity index (χ0) is 10.7. The minimum atomic E-state index is 0.285. The van der Waals surface area contributed by atoms with Gasteiger partial charge in [0.05, 0.1) is 18.1 Å². The molecule has 2 N–H and O–H groups in total. The van der Waals surface area contributed by atoms with Gasteiger partial charge in [-0.2, -0.15) is 5.26 Å². The summed E-state index contributed by atoms with van der Waals surface area (Å²) in [6.45, 7) is 0. The molecule has 0 aliphatic rings. The summed E-state index contributed by atoms with van der Waals surface area (Å²) in [6, 6.07) is 5.47. The average Bonchev–Trinajstić information content (AvgIpc) is 2.84. The lowest BCUT2D eigenvalue weighted by Crippen LogP contribution is -2.11. The monoisotopic (exact) mass is 221 g/mol. The Balaban J connectivity index is 2.29. The van der Waals surface area contributed by atoms with Gasteiger partial charge in [0.25, 0.3) is 0 Å². The van der Waals surface area contributed by atoms with Crippen molar-refractivity contribution in [2.45, 2.75) is 5.16 Å². The number of furan rings is 1. The van der Waals surface area contributed by atoms with Crippen LogP contribution in [0.2, 0.25) is 0 Å². The highest BCUT2D eigenvalue weighted by Gasteiger charge is 2.13. The molecule has 7 heteroatoms. The molecule has 0 bridgehead atoms. The van der Waals surface area contributed by atoms with Gasteiger partial charge in [-0.25, -0.2) is 4.68 Å². The van der Waals surface area contributed by atoms with Crippen molar-refractivity contribution in [3.63, 3.8) is 0 Å². The second-order valence-corrected chi connectivity index (χ2v) is 3.54. The minimum absolute atomic E-state index is 0.285. The van der Waals surface area contributed by atoms with Crippen molar-refractivity contribution in [1.29, 1.82) is 5.26 Å². The molecule has 0 spiro atoms. The number of thioether (sulfide) groups is 1. The molecule has 0 fully saturated rings. The Morgan fingerprint density at radius 2 is 2.47 bits per heavy atom. The first-order valence-electron chi connectivity index (χ1n) is 4.07. The largest absolute Gasteiger partial charge is 0.461 e. The summed E-state index contributed by atoms with van der Waals surface area (Å²) in [6.07, 6.45) is 1.53. The van der Waals surface area contributed by atoms with Gasteiger partial charge in [0.1, 0.15) is 0 Å². The van der Waals surface area contributed by atoms with Crippen LogP contribution in [0.25, 0.3) is 11.6 Å². The zero-order valence-electron chi connectivity index (χ0n) is 7.62. The van der Waals surface area contributed by atoms with Crippen molar-refractivity contribution in [3.8, 4) is 17.7 Å². The highest BCUT2D eigenvalue weighted by molar-refractivity contribution is 7.99. The number of nitrogen functional groups attached to an aromatic ring is 1. The van der Waals surface area contributed by atoms with E-state index in [1.54, 1.807) is 12.1 Å². The minimum Gasteiger partial charge on any atom is -0.461 e. The number of nitrogens with two attached hydrogens (primary N) is 1. The molecule has 0 amide bonds. The Hall–Kier alpha value is -1.94. The third kappa shape index (κ3) is 1.80. The Kier molecular flexibility index (Phi) is 2.60. The van der Waals surface area contributed by atoms with E-state index >= 15 is 0 Å². The van der Waals surface area contributed by atoms with E-state index in [0.717, 1.165) is 0 Å². The fourth-order valence-electron chi connectivity index (χ4n) is 1.05. The maximum Gasteiger partial charge on any atom is 0.218 e. The van der Waals surface area contributed by atoms with E-state index < -0.39 is 0 Å². The first-order valence-corrected chi connectivity index (χ1v) is 5.05. The molecule has 0 radical (unpaired) electrons. The molecule has 0 unspecified atom stereocenters. The van der Waals surface area contributed by atoms with E-state index in [4.69, 9.17) is 15.5 Å². The van der Waals surface area contributed by atoms with Crippen LogP contribution in [0.4, 0.5) is 0 Å². The van der Waals surface area contributed by atoms with Crippen LogP contribution in [0, 0.1) is 11.3 Å². The lowest BCUT2D eigenvalue weighted by Gasteiger charge is -1.98. The molecule has 0 aromatic carbocycles. The van der Waals surface area contributed by atoms with Gasteiger partial charge < -0.3 is 10.3 Å². The van der Waals surface area contributed by atoms with Crippen LogP contribution in [0.5, 0.6) is 0 Å². The first kappa shape index (κ1) is 9.61. The molecule has 0 saturated carbocycles. The van der Waals surface area contributed by atoms with Gasteiger partial charge in [0.15, 0.2) is 5.76 Å². The normalized spacial score (nSPS) is 10.1. The molecular formula is C8H7N5OS. The molecule has 2 heterocycles. The van der Waals surface area contributed by atoms with Crippen molar-refractivity contribution in [2.75, 3.05) is 11.6 Å². The summed E-state index contributed by atoms with van der Waals surface area (Å²) in [5.74, 6) is 7.02. The summed E-state index contributed by atoms with van der Waals surface area (Å²) < 4.78 is 6.45. The fourth-order valence-corrected chi connectivity index (χ4v) is 1.56. The summed E-state index contributed by atoms with van der Waals surface area (Å²) in [7, 11) is 0. The van der Waals surface area contributed by atoms with Gasteiger partial charge in [0, 0.05) is 0 Å². The third-order valence-electron chi connectivity index (χ3n) is 1.67. The molecule has 0 atom stereocenters. The Bertz CT molecular complexity index is 484. The highest BCUT2D eigenvalue weighted by Crippen LogP contribution is 2.21. The van der Waals surface area contributed by atoms with Crippen LogP contribution < -0.4 is 5.84 Å². The standard InChI is InChI=1S/C8H7N5OS/c9-3-5-15-8-12-11-7(13(8)10)6-2-1-4-14-6/h1-2,4H,5,10H2. The van der Waals surface area contributed by atoms with E-state index in [-0.39, 0.29) is 5.75 Å². The molecule has 2 rings (SSSR count). The van der Waals surface area contributed by atoms with Crippen LogP contribution in [-0.2, 0) is 0 Å². The summed E-state index contributed by atoms with van der Waals surface area (Å²) in [5.41, 5.74) is 0. The van der Waals surface area contributed by atoms with Gasteiger partial charge >= 0.3 is 0 Å². The quantitative estimate of drug-likeness (QED) is 0.610. The third-order valence-corrected chi connectivity index (χ3v) is 2.48. The second kappa shape index (κ2) is 4.06. The average molecular weight is 221 g/mol. The number of rotatable bonds is 3. The predicted octanol–water partition coefficient (Wildman–Crippen LogP) is 0.868. The Morgan fingerprint density at radius 3 is 3.13 bits per heavy atom. The second-order valence-electron chi connectivity index (χ2n) is 2.60. The number of aromatic nitrogens is 3. The smallest absolute Gasteiger partial charge is 0.218 e. The van der Waals surface area contributed by atoms with Gasteiger partial charge in [-0.3, -0.25) is 0 Å². The van der Waals surface area contributed by atoms with Crippen molar-refractivity contribution >= 4 is 11.8 Å². The molecule has 0 aliphatic carbocycles. The van der Waals surface area contributed by atoms with Gasteiger partial charge in [0.2, 0.25) is 11.0 Å². The van der Waals surface area contributed by atoms with Gasteiger partial charge in [-0.15, -0.1) is 10.2 Å². The van der Waals surface area contributed by atoms with Crippen molar-refractivity contribution in [2.24, 2.45) is 0 Å². The van der Waals surface area contributed by atoms with E-state index in [1.165, 1.54) is 22.7 Å². The number of nitrogens with zero attached hydrogens (tertiary/aromatic N) is 4. The predicted molar refractivity (Wildman–Crippen MR) is 54.2 cm³/mol. The van der Waals surface area contributed by atoms with Crippen molar-refractivity contribution in [3.05, 3.63) is 18.4 Å². The fraction of sp³-hybridized carbons (Fsp3) is 0.125. The highest BCUT2D eigenvalue weighted by atomic mass is 32.2. The van der Waals surface area contributed by atoms with Crippen molar-refractivity contribution < 1.29 is 4.42 Å². The van der Waals surface area contributed by atoms with Crippen molar-refractivity contribution in [1.82, 2.24) is 14.9 Å². The van der Waals surface area contributed by atoms with Crippen LogP contribution in [0.1, 0.15) is 0 Å². The number of hydrogen-bond acceptors (Lipinski definition) is 6. The Labute approximate surface area is 89.7 Å². The van der Waals surface area contributed by atoms with Crippen LogP contribution in [0.15, 0.2) is 28.0 Å². The summed E-state index contributed by atoms with van der Waals surface area (Å²) in [4.78, 5) is 0. The lowest BCUT2D eigenvalue weighted by atomic mass is 10.4. The Morgan fingerprint density at radius 1 is 1.60 bits per heavy atom. The SMILES string of the molecule is N#CCSc1nnc(-c2ccco2)n1N. The maximum absolute atomic E-state index is 8.42. The summed E-state index contributed by atoms with van der Waals surface area (Å²) >= 11 is 1.23.